The Balaban J connectivity index is 2.83. The molecule has 0 radical (unpaired) electrons. The maximum Gasteiger partial charge on any atom is 0.277 e. The summed E-state index contributed by atoms with van der Waals surface area (Å²) in [5.41, 5.74) is 0.492. The standard InChI is InChI=1S/C10H16N2O2/c1-7(2)6-9-10(14)12(4-5-13)8(3)11-9/h6-7,13H,4-5H2,1-3H3. The highest BCUT2D eigenvalue weighted by molar-refractivity contribution is 6.11. The Bertz CT molecular complexity index is 292. The zero-order chi connectivity index (χ0) is 10.7. The lowest BCUT2D eigenvalue weighted by Crippen LogP contribution is -2.33. The highest BCUT2D eigenvalue weighted by Gasteiger charge is 2.26. The van der Waals surface area contributed by atoms with Crippen molar-refractivity contribution in [2.45, 2.75) is 20.8 Å². The molecular weight excluding hydrogens is 180 g/mol. The van der Waals surface area contributed by atoms with Gasteiger partial charge in [0.05, 0.1) is 13.2 Å². The molecule has 0 saturated heterocycles. The van der Waals surface area contributed by atoms with E-state index in [1.807, 2.05) is 19.9 Å². The number of hydrogen-bond donors (Lipinski definition) is 1. The summed E-state index contributed by atoms with van der Waals surface area (Å²) in [4.78, 5) is 17.3. The molecule has 0 spiro atoms. The third-order valence-corrected chi connectivity index (χ3v) is 1.95. The lowest BCUT2D eigenvalue weighted by molar-refractivity contribution is -0.123. The number of nitrogens with zero attached hydrogens (tertiary/aromatic N) is 2. The molecule has 14 heavy (non-hydrogen) atoms. The molecule has 1 amide bonds. The molecule has 0 fully saturated rings. The van der Waals surface area contributed by atoms with Gasteiger partial charge in [-0.25, -0.2) is 4.99 Å². The first kappa shape index (κ1) is 10.9. The van der Waals surface area contributed by atoms with Crippen LogP contribution in [0.4, 0.5) is 0 Å². The molecule has 0 bridgehead atoms. The number of allylic oxidation sites excluding steroid dienone is 1. The molecule has 0 atom stereocenters. The SMILES string of the molecule is CC1=NC(=CC(C)C)C(=O)N1CCO. The van der Waals surface area contributed by atoms with E-state index in [1.54, 1.807) is 6.92 Å². The van der Waals surface area contributed by atoms with Crippen LogP contribution < -0.4 is 0 Å². The van der Waals surface area contributed by atoms with Gasteiger partial charge in [0.1, 0.15) is 11.5 Å². The van der Waals surface area contributed by atoms with Crippen LogP contribution in [-0.2, 0) is 4.79 Å². The van der Waals surface area contributed by atoms with Gasteiger partial charge in [0.25, 0.3) is 5.91 Å². The topological polar surface area (TPSA) is 52.9 Å². The van der Waals surface area contributed by atoms with Gasteiger partial charge in [-0.2, -0.15) is 0 Å². The van der Waals surface area contributed by atoms with E-state index >= 15 is 0 Å². The minimum Gasteiger partial charge on any atom is -0.395 e. The molecule has 78 valence electrons. The Labute approximate surface area is 83.9 Å². The molecule has 1 heterocycles. The minimum atomic E-state index is -0.106. The van der Waals surface area contributed by atoms with E-state index < -0.39 is 0 Å². The van der Waals surface area contributed by atoms with Gasteiger partial charge in [0.15, 0.2) is 0 Å². The van der Waals surface area contributed by atoms with Gasteiger partial charge in [-0.05, 0) is 12.8 Å². The van der Waals surface area contributed by atoms with E-state index in [0.717, 1.165) is 0 Å². The van der Waals surface area contributed by atoms with E-state index in [9.17, 15) is 4.79 Å². The van der Waals surface area contributed by atoms with E-state index in [2.05, 4.69) is 4.99 Å². The molecule has 1 aliphatic heterocycles. The summed E-state index contributed by atoms with van der Waals surface area (Å²) in [5, 5.41) is 8.76. The Hall–Kier alpha value is -1.16. The van der Waals surface area contributed by atoms with Gasteiger partial charge in [0.2, 0.25) is 0 Å². The molecule has 0 saturated carbocycles. The smallest absolute Gasteiger partial charge is 0.277 e. The molecule has 1 N–H and O–H groups in total. The van der Waals surface area contributed by atoms with Crippen molar-refractivity contribution < 1.29 is 9.90 Å². The van der Waals surface area contributed by atoms with E-state index in [0.29, 0.717) is 24.0 Å². The number of aliphatic hydroxyl groups excluding tert-OH is 1. The Morgan fingerprint density at radius 3 is 2.71 bits per heavy atom. The summed E-state index contributed by atoms with van der Waals surface area (Å²) in [6.45, 7) is 6.06. The van der Waals surface area contributed by atoms with Gasteiger partial charge < -0.3 is 5.11 Å². The molecule has 0 unspecified atom stereocenters. The van der Waals surface area contributed by atoms with Crippen molar-refractivity contribution in [3.63, 3.8) is 0 Å². The summed E-state index contributed by atoms with van der Waals surface area (Å²) in [7, 11) is 0. The Morgan fingerprint density at radius 1 is 1.57 bits per heavy atom. The van der Waals surface area contributed by atoms with Crippen molar-refractivity contribution >= 4 is 11.7 Å². The number of aliphatic imine (C=N–C) groups is 1. The lowest BCUT2D eigenvalue weighted by Gasteiger charge is -2.13. The zero-order valence-electron chi connectivity index (χ0n) is 8.82. The van der Waals surface area contributed by atoms with Crippen LogP contribution in [-0.4, -0.2) is 34.9 Å². The second-order valence-corrected chi connectivity index (χ2v) is 3.64. The molecule has 1 rings (SSSR count). The van der Waals surface area contributed by atoms with Gasteiger partial charge >= 0.3 is 0 Å². The summed E-state index contributed by atoms with van der Waals surface area (Å²) < 4.78 is 0. The van der Waals surface area contributed by atoms with Crippen molar-refractivity contribution in [2.24, 2.45) is 10.9 Å². The molecule has 1 aliphatic rings. The number of aliphatic hydroxyl groups is 1. The van der Waals surface area contributed by atoms with Crippen LogP contribution >= 0.6 is 0 Å². The Morgan fingerprint density at radius 2 is 2.21 bits per heavy atom. The number of carbonyl (C=O) groups is 1. The second kappa shape index (κ2) is 4.37. The normalized spacial score (nSPS) is 19.8. The van der Waals surface area contributed by atoms with Crippen molar-refractivity contribution in [1.82, 2.24) is 4.90 Å². The van der Waals surface area contributed by atoms with Gasteiger partial charge in [-0.1, -0.05) is 19.9 Å². The van der Waals surface area contributed by atoms with E-state index in [4.69, 9.17) is 5.11 Å². The summed E-state index contributed by atoms with van der Waals surface area (Å²) in [5.74, 6) is 0.862. The summed E-state index contributed by atoms with van der Waals surface area (Å²) in [6, 6.07) is 0. The van der Waals surface area contributed by atoms with Crippen LogP contribution in [0.2, 0.25) is 0 Å². The zero-order valence-corrected chi connectivity index (χ0v) is 8.82. The number of amidine groups is 1. The average Bonchev–Trinajstić information content (AvgIpc) is 2.32. The van der Waals surface area contributed by atoms with Gasteiger partial charge in [0, 0.05) is 0 Å². The van der Waals surface area contributed by atoms with Crippen LogP contribution in [0.1, 0.15) is 20.8 Å². The monoisotopic (exact) mass is 196 g/mol. The fourth-order valence-corrected chi connectivity index (χ4v) is 1.36. The lowest BCUT2D eigenvalue weighted by atomic mass is 10.2. The largest absolute Gasteiger partial charge is 0.395 e. The molecular formula is C10H16N2O2. The third-order valence-electron chi connectivity index (χ3n) is 1.95. The quantitative estimate of drug-likeness (QED) is 0.678. The third kappa shape index (κ3) is 2.20. The van der Waals surface area contributed by atoms with E-state index in [1.165, 1.54) is 4.90 Å². The maximum atomic E-state index is 11.7. The second-order valence-electron chi connectivity index (χ2n) is 3.64. The van der Waals surface area contributed by atoms with Gasteiger partial charge in [-0.15, -0.1) is 0 Å². The van der Waals surface area contributed by atoms with Gasteiger partial charge in [-0.3, -0.25) is 9.69 Å². The predicted octanol–water partition coefficient (Wildman–Crippen LogP) is 0.779. The minimum absolute atomic E-state index is 0.0342. The number of amides is 1. The predicted molar refractivity (Wildman–Crippen MR) is 54.8 cm³/mol. The fraction of sp³-hybridized carbons (Fsp3) is 0.600. The first-order valence-electron chi connectivity index (χ1n) is 4.76. The van der Waals surface area contributed by atoms with Crippen LogP contribution in [0, 0.1) is 5.92 Å². The average molecular weight is 196 g/mol. The maximum absolute atomic E-state index is 11.7. The number of hydrogen-bond acceptors (Lipinski definition) is 3. The molecule has 4 nitrogen and oxygen atoms in total. The molecule has 0 aromatic rings. The summed E-state index contributed by atoms with van der Waals surface area (Å²) >= 11 is 0. The molecule has 4 heteroatoms. The number of β-amino-alcohol motifs (C(OH)–C–C–N with tert-alkyl or cyclic N) is 1. The number of carbonyl (C=O) groups excluding carboxylic acids is 1. The summed E-state index contributed by atoms with van der Waals surface area (Å²) in [6.07, 6.45) is 1.84. The first-order chi connectivity index (χ1) is 6.56. The van der Waals surface area contributed by atoms with E-state index in [-0.39, 0.29) is 12.5 Å². The van der Waals surface area contributed by atoms with Crippen molar-refractivity contribution in [3.8, 4) is 0 Å². The van der Waals surface area contributed by atoms with Crippen molar-refractivity contribution in [3.05, 3.63) is 11.8 Å². The van der Waals surface area contributed by atoms with Crippen LogP contribution in [0.3, 0.4) is 0 Å². The van der Waals surface area contributed by atoms with Crippen LogP contribution in [0.25, 0.3) is 0 Å². The van der Waals surface area contributed by atoms with Crippen molar-refractivity contribution in [2.75, 3.05) is 13.2 Å². The first-order valence-corrected chi connectivity index (χ1v) is 4.76. The molecule has 0 aromatic carbocycles. The highest BCUT2D eigenvalue weighted by atomic mass is 16.3. The van der Waals surface area contributed by atoms with Crippen molar-refractivity contribution in [1.29, 1.82) is 0 Å². The molecule has 0 aromatic heterocycles. The van der Waals surface area contributed by atoms with Crippen LogP contribution in [0.5, 0.6) is 0 Å². The number of rotatable bonds is 3. The fourth-order valence-electron chi connectivity index (χ4n) is 1.36. The Kier molecular flexibility index (Phi) is 3.41. The molecule has 0 aliphatic carbocycles. The highest BCUT2D eigenvalue weighted by Crippen LogP contribution is 2.16. The van der Waals surface area contributed by atoms with Crippen LogP contribution in [0.15, 0.2) is 16.8 Å².